The molecule has 1 aromatic heterocycles. The maximum absolute atomic E-state index is 12.5. The fraction of sp³-hybridized carbons (Fsp3) is 0.533. The Kier molecular flexibility index (Phi) is 5.61. The van der Waals surface area contributed by atoms with Crippen LogP contribution in [0.25, 0.3) is 0 Å². The second-order valence-electron chi connectivity index (χ2n) is 5.23. The van der Waals surface area contributed by atoms with Crippen molar-refractivity contribution < 1.29 is 14.7 Å². The van der Waals surface area contributed by atoms with Gasteiger partial charge in [-0.05, 0) is 43.6 Å². The highest BCUT2D eigenvalue weighted by atomic mass is 32.2. The quantitative estimate of drug-likeness (QED) is 0.846. The van der Waals surface area contributed by atoms with Crippen LogP contribution >= 0.6 is 11.8 Å². The van der Waals surface area contributed by atoms with Crippen LogP contribution in [0.3, 0.4) is 0 Å². The summed E-state index contributed by atoms with van der Waals surface area (Å²) in [7, 11) is 0. The molecule has 0 saturated carbocycles. The van der Waals surface area contributed by atoms with Crippen molar-refractivity contribution in [2.75, 3.05) is 19.3 Å². The van der Waals surface area contributed by atoms with Gasteiger partial charge in [0.05, 0.1) is 5.56 Å². The van der Waals surface area contributed by atoms with Crippen molar-refractivity contribution in [2.24, 2.45) is 5.92 Å². The molecule has 1 saturated heterocycles. The van der Waals surface area contributed by atoms with Gasteiger partial charge in [0.1, 0.15) is 5.03 Å². The lowest BCUT2D eigenvalue weighted by Crippen LogP contribution is -2.38. The number of carbonyl (C=O) groups is 2. The molecule has 0 aliphatic carbocycles. The van der Waals surface area contributed by atoms with E-state index in [0.29, 0.717) is 31.0 Å². The molecule has 1 amide bonds. The zero-order chi connectivity index (χ0) is 15.2. The molecule has 6 heteroatoms. The summed E-state index contributed by atoms with van der Waals surface area (Å²) in [6, 6.07) is 3.60. The third kappa shape index (κ3) is 4.20. The van der Waals surface area contributed by atoms with Crippen LogP contribution in [0.1, 0.15) is 36.0 Å². The van der Waals surface area contributed by atoms with Gasteiger partial charge in [-0.15, -0.1) is 11.8 Å². The molecule has 0 radical (unpaired) electrons. The number of thioether (sulfide) groups is 1. The lowest BCUT2D eigenvalue weighted by molar-refractivity contribution is -0.137. The average molecular weight is 308 g/mol. The summed E-state index contributed by atoms with van der Waals surface area (Å²) >= 11 is 1.48. The summed E-state index contributed by atoms with van der Waals surface area (Å²) < 4.78 is 0. The van der Waals surface area contributed by atoms with E-state index < -0.39 is 5.97 Å². The maximum atomic E-state index is 12.5. The molecular weight excluding hydrogens is 288 g/mol. The fourth-order valence-corrected chi connectivity index (χ4v) is 3.18. The standard InChI is InChI=1S/C15H20N2O3S/c1-21-14-12(3-2-8-16-14)15(20)17-9-6-11(7-10-17)4-5-13(18)19/h2-3,8,11H,4-7,9-10H2,1H3,(H,18,19). The molecule has 0 bridgehead atoms. The lowest BCUT2D eigenvalue weighted by Gasteiger charge is -2.32. The predicted molar refractivity (Wildman–Crippen MR) is 81.5 cm³/mol. The first-order valence-electron chi connectivity index (χ1n) is 7.12. The number of piperidine rings is 1. The molecule has 114 valence electrons. The Bertz CT molecular complexity index is 513. The Hall–Kier alpha value is -1.56. The molecule has 0 atom stereocenters. The highest BCUT2D eigenvalue weighted by Crippen LogP contribution is 2.25. The smallest absolute Gasteiger partial charge is 0.303 e. The Labute approximate surface area is 128 Å². The Balaban J connectivity index is 1.92. The van der Waals surface area contributed by atoms with Gasteiger partial charge < -0.3 is 10.0 Å². The maximum Gasteiger partial charge on any atom is 0.303 e. The van der Waals surface area contributed by atoms with Gasteiger partial charge in [0.25, 0.3) is 5.91 Å². The van der Waals surface area contributed by atoms with Gasteiger partial charge in [0.15, 0.2) is 0 Å². The van der Waals surface area contributed by atoms with Crippen molar-refractivity contribution in [1.29, 1.82) is 0 Å². The van der Waals surface area contributed by atoms with E-state index in [2.05, 4.69) is 4.98 Å². The molecule has 1 aliphatic heterocycles. The predicted octanol–water partition coefficient (Wildman–Crippen LogP) is 2.52. The molecule has 1 N–H and O–H groups in total. The Morgan fingerprint density at radius 1 is 1.43 bits per heavy atom. The molecule has 0 spiro atoms. The number of likely N-dealkylation sites (tertiary alicyclic amines) is 1. The third-order valence-electron chi connectivity index (χ3n) is 3.86. The first-order valence-corrected chi connectivity index (χ1v) is 8.34. The van der Waals surface area contributed by atoms with Gasteiger partial charge in [-0.25, -0.2) is 4.98 Å². The summed E-state index contributed by atoms with van der Waals surface area (Å²) in [6.45, 7) is 1.40. The Morgan fingerprint density at radius 2 is 2.14 bits per heavy atom. The van der Waals surface area contributed by atoms with Crippen molar-refractivity contribution in [3.05, 3.63) is 23.9 Å². The summed E-state index contributed by atoms with van der Waals surface area (Å²) in [5.74, 6) is -0.295. The largest absolute Gasteiger partial charge is 0.481 e. The van der Waals surface area contributed by atoms with E-state index >= 15 is 0 Å². The SMILES string of the molecule is CSc1ncccc1C(=O)N1CCC(CCC(=O)O)CC1. The molecule has 0 aromatic carbocycles. The number of carbonyl (C=O) groups excluding carboxylic acids is 1. The van der Waals surface area contributed by atoms with E-state index in [0.717, 1.165) is 17.9 Å². The number of aromatic nitrogens is 1. The van der Waals surface area contributed by atoms with Gasteiger partial charge >= 0.3 is 5.97 Å². The van der Waals surface area contributed by atoms with Crippen LogP contribution in [0, 0.1) is 5.92 Å². The summed E-state index contributed by atoms with van der Waals surface area (Å²) in [6.07, 6.45) is 6.30. The minimum atomic E-state index is -0.742. The van der Waals surface area contributed by atoms with Crippen LogP contribution in [0.2, 0.25) is 0 Å². The van der Waals surface area contributed by atoms with Crippen molar-refractivity contribution in [1.82, 2.24) is 9.88 Å². The average Bonchev–Trinajstić information content (AvgIpc) is 2.52. The zero-order valence-corrected chi connectivity index (χ0v) is 12.9. The van der Waals surface area contributed by atoms with Crippen LogP contribution in [-0.2, 0) is 4.79 Å². The number of hydrogen-bond acceptors (Lipinski definition) is 4. The molecule has 1 aromatic rings. The summed E-state index contributed by atoms with van der Waals surface area (Å²) in [5.41, 5.74) is 0.661. The first kappa shape index (κ1) is 15.8. The fourth-order valence-electron chi connectivity index (χ4n) is 2.64. The number of aliphatic carboxylic acids is 1. The summed E-state index contributed by atoms with van der Waals surface area (Å²) in [4.78, 5) is 29.2. The number of carboxylic acids is 1. The van der Waals surface area contributed by atoms with Crippen molar-refractivity contribution in [3.8, 4) is 0 Å². The van der Waals surface area contributed by atoms with Crippen LogP contribution < -0.4 is 0 Å². The van der Waals surface area contributed by atoms with Crippen LogP contribution in [0.15, 0.2) is 23.4 Å². The molecule has 0 unspecified atom stereocenters. The van der Waals surface area contributed by atoms with Crippen LogP contribution in [0.5, 0.6) is 0 Å². The topological polar surface area (TPSA) is 70.5 Å². The molecular formula is C15H20N2O3S. The molecule has 2 rings (SSSR count). The van der Waals surface area contributed by atoms with Gasteiger partial charge in [0.2, 0.25) is 0 Å². The highest BCUT2D eigenvalue weighted by Gasteiger charge is 2.25. The zero-order valence-electron chi connectivity index (χ0n) is 12.1. The van der Waals surface area contributed by atoms with Crippen molar-refractivity contribution in [3.63, 3.8) is 0 Å². The molecule has 1 aliphatic rings. The third-order valence-corrected chi connectivity index (χ3v) is 4.58. The number of nitrogens with zero attached hydrogens (tertiary/aromatic N) is 2. The molecule has 1 fully saturated rings. The normalized spacial score (nSPS) is 16.0. The highest BCUT2D eigenvalue weighted by molar-refractivity contribution is 7.98. The van der Waals surface area contributed by atoms with Crippen LogP contribution in [-0.4, -0.2) is 46.2 Å². The number of rotatable bonds is 5. The van der Waals surface area contributed by atoms with E-state index in [1.807, 2.05) is 17.2 Å². The van der Waals surface area contributed by atoms with Gasteiger partial charge in [0, 0.05) is 25.7 Å². The van der Waals surface area contributed by atoms with E-state index in [1.54, 1.807) is 12.3 Å². The van der Waals surface area contributed by atoms with Crippen LogP contribution in [0.4, 0.5) is 0 Å². The first-order chi connectivity index (χ1) is 10.1. The number of amides is 1. The lowest BCUT2D eigenvalue weighted by atomic mass is 9.92. The molecule has 2 heterocycles. The van der Waals surface area contributed by atoms with E-state index in [9.17, 15) is 9.59 Å². The van der Waals surface area contributed by atoms with Crippen molar-refractivity contribution >= 4 is 23.6 Å². The Morgan fingerprint density at radius 3 is 2.76 bits per heavy atom. The van der Waals surface area contributed by atoms with E-state index in [4.69, 9.17) is 5.11 Å². The monoisotopic (exact) mass is 308 g/mol. The molecule has 5 nitrogen and oxygen atoms in total. The van der Waals surface area contributed by atoms with Gasteiger partial charge in [-0.2, -0.15) is 0 Å². The minimum absolute atomic E-state index is 0.0316. The number of pyridine rings is 1. The molecule has 21 heavy (non-hydrogen) atoms. The summed E-state index contributed by atoms with van der Waals surface area (Å²) in [5, 5.41) is 9.48. The second-order valence-corrected chi connectivity index (χ2v) is 6.02. The second kappa shape index (κ2) is 7.45. The van der Waals surface area contributed by atoms with Gasteiger partial charge in [-0.3, -0.25) is 9.59 Å². The minimum Gasteiger partial charge on any atom is -0.481 e. The van der Waals surface area contributed by atoms with E-state index in [1.165, 1.54) is 11.8 Å². The number of hydrogen-bond donors (Lipinski definition) is 1. The van der Waals surface area contributed by atoms with E-state index in [-0.39, 0.29) is 12.3 Å². The van der Waals surface area contributed by atoms with Crippen molar-refractivity contribution in [2.45, 2.75) is 30.7 Å². The van der Waals surface area contributed by atoms with Gasteiger partial charge in [-0.1, -0.05) is 0 Å². The number of carboxylic acid groups (broad SMARTS) is 1.